The maximum atomic E-state index is 14.3. The number of nitrogens with one attached hydrogen (secondary N) is 1. The molecule has 8 nitrogen and oxygen atoms in total. The molecule has 1 aliphatic heterocycles. The minimum atomic E-state index is -1.02. The van der Waals surface area contributed by atoms with Crippen LogP contribution in [0.15, 0.2) is 60.2 Å². The van der Waals surface area contributed by atoms with Gasteiger partial charge < -0.3 is 9.30 Å². The van der Waals surface area contributed by atoms with E-state index in [9.17, 15) is 23.6 Å². The number of hydrogen-bond donors (Lipinski definition) is 1. The number of anilines is 1. The van der Waals surface area contributed by atoms with Crippen molar-refractivity contribution in [3.8, 4) is 5.69 Å². The van der Waals surface area contributed by atoms with Gasteiger partial charge in [0.1, 0.15) is 11.4 Å². The van der Waals surface area contributed by atoms with Crippen molar-refractivity contribution >= 4 is 35.6 Å². The third-order valence-electron chi connectivity index (χ3n) is 5.60. The Hall–Kier alpha value is -4.53. The van der Waals surface area contributed by atoms with Crippen LogP contribution in [0.5, 0.6) is 0 Å². The second-order valence-electron chi connectivity index (χ2n) is 7.84. The molecule has 0 radical (unpaired) electrons. The molecule has 1 N–H and O–H groups in total. The lowest BCUT2D eigenvalue weighted by Gasteiger charge is -2.26. The summed E-state index contributed by atoms with van der Waals surface area (Å²) in [5.74, 6) is -2.97. The van der Waals surface area contributed by atoms with Crippen LogP contribution in [0.4, 0.5) is 14.9 Å². The molecular weight excluding hydrogens is 453 g/mol. The first-order valence-corrected chi connectivity index (χ1v) is 10.9. The number of barbiturate groups is 1. The zero-order chi connectivity index (χ0) is 25.3. The molecule has 178 valence electrons. The summed E-state index contributed by atoms with van der Waals surface area (Å²) < 4.78 is 21.2. The molecule has 0 spiro atoms. The molecule has 2 heterocycles. The lowest BCUT2D eigenvalue weighted by atomic mass is 10.1. The number of aryl methyl sites for hydroxylation is 1. The van der Waals surface area contributed by atoms with Gasteiger partial charge in [-0.05, 0) is 74.9 Å². The van der Waals surface area contributed by atoms with Crippen LogP contribution < -0.4 is 10.2 Å². The van der Waals surface area contributed by atoms with Crippen molar-refractivity contribution < 1.29 is 28.3 Å². The number of imide groups is 2. The quantitative estimate of drug-likeness (QED) is 0.341. The number of halogens is 1. The second-order valence-corrected chi connectivity index (χ2v) is 7.84. The monoisotopic (exact) mass is 475 g/mol. The number of hydrogen-bond acceptors (Lipinski definition) is 5. The van der Waals surface area contributed by atoms with Crippen molar-refractivity contribution in [1.82, 2.24) is 9.88 Å². The zero-order valence-electron chi connectivity index (χ0n) is 19.3. The predicted molar refractivity (Wildman–Crippen MR) is 127 cm³/mol. The average Bonchev–Trinajstić information content (AvgIpc) is 3.10. The molecule has 0 bridgehead atoms. The SMILES string of the molecule is CCOC(=O)c1ccc(-n2c(C)cc(/C=C3\C(=O)NC(=O)N(c4ccccc4F)C3=O)c2C)cc1. The van der Waals surface area contributed by atoms with Crippen LogP contribution in [0.3, 0.4) is 0 Å². The molecule has 1 fully saturated rings. The standard InChI is InChI=1S/C26H22FN3O5/c1-4-35-25(33)17-9-11-19(12-10-17)29-15(2)13-18(16(29)3)14-20-23(31)28-26(34)30(24(20)32)22-8-6-5-7-21(22)27/h5-14H,4H2,1-3H3,(H,28,31,34)/b20-14+. The Balaban J connectivity index is 1.71. The van der Waals surface area contributed by atoms with Crippen LogP contribution in [0.2, 0.25) is 0 Å². The summed E-state index contributed by atoms with van der Waals surface area (Å²) in [6.45, 7) is 5.67. The van der Waals surface area contributed by atoms with Crippen molar-refractivity contribution in [2.24, 2.45) is 0 Å². The summed E-state index contributed by atoms with van der Waals surface area (Å²) >= 11 is 0. The van der Waals surface area contributed by atoms with E-state index in [0.717, 1.165) is 17.4 Å². The fourth-order valence-corrected chi connectivity index (χ4v) is 3.96. The number of para-hydroxylation sites is 1. The highest BCUT2D eigenvalue weighted by molar-refractivity contribution is 6.39. The molecule has 4 rings (SSSR count). The van der Waals surface area contributed by atoms with Gasteiger partial charge in [0.2, 0.25) is 0 Å². The predicted octanol–water partition coefficient (Wildman–Crippen LogP) is 4.08. The van der Waals surface area contributed by atoms with Crippen LogP contribution in [-0.2, 0) is 14.3 Å². The number of amides is 4. The minimum Gasteiger partial charge on any atom is -0.462 e. The molecule has 0 aliphatic carbocycles. The molecular formula is C26H22FN3O5. The summed E-state index contributed by atoms with van der Waals surface area (Å²) in [6.07, 6.45) is 1.38. The van der Waals surface area contributed by atoms with E-state index in [-0.39, 0.29) is 17.9 Å². The molecule has 9 heteroatoms. The highest BCUT2D eigenvalue weighted by atomic mass is 19.1. The average molecular weight is 475 g/mol. The Kier molecular flexibility index (Phi) is 6.33. The largest absolute Gasteiger partial charge is 0.462 e. The fraction of sp³-hybridized carbons (Fsp3) is 0.154. The van der Waals surface area contributed by atoms with Gasteiger partial charge in [-0.15, -0.1) is 0 Å². The van der Waals surface area contributed by atoms with E-state index in [2.05, 4.69) is 5.32 Å². The van der Waals surface area contributed by atoms with Gasteiger partial charge in [0, 0.05) is 17.1 Å². The van der Waals surface area contributed by atoms with Crippen LogP contribution in [0.25, 0.3) is 11.8 Å². The molecule has 0 unspecified atom stereocenters. The van der Waals surface area contributed by atoms with Crippen molar-refractivity contribution in [3.63, 3.8) is 0 Å². The summed E-state index contributed by atoms with van der Waals surface area (Å²) in [6, 6.07) is 12.9. The third kappa shape index (κ3) is 4.35. The van der Waals surface area contributed by atoms with E-state index >= 15 is 0 Å². The third-order valence-corrected chi connectivity index (χ3v) is 5.60. The van der Waals surface area contributed by atoms with Gasteiger partial charge in [-0.2, -0.15) is 0 Å². The highest BCUT2D eigenvalue weighted by Crippen LogP contribution is 2.27. The minimum absolute atomic E-state index is 0.249. The van der Waals surface area contributed by atoms with E-state index < -0.39 is 29.6 Å². The summed E-state index contributed by atoms with van der Waals surface area (Å²) in [5, 5.41) is 2.10. The molecule has 1 aliphatic rings. The summed E-state index contributed by atoms with van der Waals surface area (Å²) in [5.41, 5.74) is 2.73. The Bertz CT molecular complexity index is 1390. The normalized spacial score (nSPS) is 14.9. The number of esters is 1. The Morgan fingerprint density at radius 3 is 2.40 bits per heavy atom. The highest BCUT2D eigenvalue weighted by Gasteiger charge is 2.38. The van der Waals surface area contributed by atoms with Crippen molar-refractivity contribution in [1.29, 1.82) is 0 Å². The molecule has 4 amide bonds. The Labute approximate surface area is 200 Å². The van der Waals surface area contributed by atoms with E-state index in [1.807, 2.05) is 18.4 Å². The van der Waals surface area contributed by atoms with Crippen LogP contribution >= 0.6 is 0 Å². The number of urea groups is 1. The van der Waals surface area contributed by atoms with Crippen LogP contribution in [0, 0.1) is 19.7 Å². The van der Waals surface area contributed by atoms with Gasteiger partial charge in [0.25, 0.3) is 11.8 Å². The number of carbonyl (C=O) groups excluding carboxylic acids is 4. The van der Waals surface area contributed by atoms with Crippen LogP contribution in [-0.4, -0.2) is 35.0 Å². The number of nitrogens with zero attached hydrogens (tertiary/aromatic N) is 2. The summed E-state index contributed by atoms with van der Waals surface area (Å²) in [7, 11) is 0. The first-order chi connectivity index (χ1) is 16.7. The number of ether oxygens (including phenoxy) is 1. The molecule has 35 heavy (non-hydrogen) atoms. The van der Waals surface area contributed by atoms with Gasteiger partial charge >= 0.3 is 12.0 Å². The second kappa shape index (κ2) is 9.38. The molecule has 0 atom stereocenters. The van der Waals surface area contributed by atoms with E-state index in [4.69, 9.17) is 4.74 Å². The molecule has 0 saturated carbocycles. The zero-order valence-corrected chi connectivity index (χ0v) is 19.3. The molecule has 1 saturated heterocycles. The summed E-state index contributed by atoms with van der Waals surface area (Å²) in [4.78, 5) is 50.5. The molecule has 2 aromatic carbocycles. The van der Waals surface area contributed by atoms with Crippen LogP contribution in [0.1, 0.15) is 34.2 Å². The number of aromatic nitrogens is 1. The Morgan fingerprint density at radius 1 is 1.06 bits per heavy atom. The van der Waals surface area contributed by atoms with E-state index in [1.54, 1.807) is 37.3 Å². The smallest absolute Gasteiger partial charge is 0.338 e. The first-order valence-electron chi connectivity index (χ1n) is 10.9. The maximum Gasteiger partial charge on any atom is 0.338 e. The lowest BCUT2D eigenvalue weighted by molar-refractivity contribution is -0.122. The Morgan fingerprint density at radius 2 is 1.74 bits per heavy atom. The van der Waals surface area contributed by atoms with Gasteiger partial charge in [-0.1, -0.05) is 12.1 Å². The lowest BCUT2D eigenvalue weighted by Crippen LogP contribution is -2.54. The fourth-order valence-electron chi connectivity index (χ4n) is 3.96. The number of benzene rings is 2. The van der Waals surface area contributed by atoms with Gasteiger partial charge in [0.05, 0.1) is 17.9 Å². The topological polar surface area (TPSA) is 97.7 Å². The van der Waals surface area contributed by atoms with Crippen molar-refractivity contribution in [2.75, 3.05) is 11.5 Å². The van der Waals surface area contributed by atoms with Gasteiger partial charge in [-0.3, -0.25) is 14.9 Å². The maximum absolute atomic E-state index is 14.3. The van der Waals surface area contributed by atoms with Gasteiger partial charge in [-0.25, -0.2) is 18.9 Å². The first kappa shape index (κ1) is 23.6. The number of rotatable bonds is 5. The van der Waals surface area contributed by atoms with E-state index in [0.29, 0.717) is 21.7 Å². The van der Waals surface area contributed by atoms with Crippen molar-refractivity contribution in [3.05, 3.63) is 88.5 Å². The molecule has 3 aromatic rings. The number of carbonyl (C=O) groups is 4. The van der Waals surface area contributed by atoms with Gasteiger partial charge in [0.15, 0.2) is 0 Å². The molecule has 1 aromatic heterocycles. The van der Waals surface area contributed by atoms with Crippen molar-refractivity contribution in [2.45, 2.75) is 20.8 Å². The van der Waals surface area contributed by atoms with E-state index in [1.165, 1.54) is 24.3 Å².